The van der Waals surface area contributed by atoms with Gasteiger partial charge >= 0.3 is 0 Å². The molecule has 0 bridgehead atoms. The molecular formula is C23H38FN3O2. The quantitative estimate of drug-likeness (QED) is 0.697. The molecule has 2 rings (SSSR count). The number of nitrogens with zero attached hydrogens (tertiary/aromatic N) is 2. The SMILES string of the molecule is C/C=C\C.CC(C)=CF.CCC(=O)C1CCC(C)N(Cc2ncc[nH]c2=O)CC1. The van der Waals surface area contributed by atoms with Gasteiger partial charge in [0, 0.05) is 37.3 Å². The molecule has 1 aliphatic rings. The third-order valence-electron chi connectivity index (χ3n) is 4.81. The van der Waals surface area contributed by atoms with Crippen molar-refractivity contribution in [3.05, 3.63) is 52.5 Å². The maximum absolute atomic E-state index is 11.9. The minimum absolute atomic E-state index is 0.120. The fraction of sp³-hybridized carbons (Fsp3) is 0.609. The van der Waals surface area contributed by atoms with E-state index in [1.54, 1.807) is 26.2 Å². The Hall–Kier alpha value is -2.08. The van der Waals surface area contributed by atoms with Gasteiger partial charge in [0.05, 0.1) is 6.33 Å². The van der Waals surface area contributed by atoms with E-state index in [0.717, 1.165) is 25.8 Å². The molecular weight excluding hydrogens is 369 g/mol. The molecule has 2 unspecified atom stereocenters. The molecule has 1 aliphatic heterocycles. The maximum Gasteiger partial charge on any atom is 0.270 e. The molecule has 0 aliphatic carbocycles. The number of nitrogens with one attached hydrogen (secondary N) is 1. The maximum atomic E-state index is 11.9. The van der Waals surface area contributed by atoms with Gasteiger partial charge in [0.2, 0.25) is 0 Å². The van der Waals surface area contributed by atoms with E-state index in [0.29, 0.717) is 42.4 Å². The summed E-state index contributed by atoms with van der Waals surface area (Å²) in [4.78, 5) is 32.6. The summed E-state index contributed by atoms with van der Waals surface area (Å²) in [6.07, 6.45) is 11.2. The number of likely N-dealkylation sites (tertiary alicyclic amines) is 1. The molecule has 0 spiro atoms. The van der Waals surface area contributed by atoms with E-state index in [-0.39, 0.29) is 11.5 Å². The molecule has 6 heteroatoms. The summed E-state index contributed by atoms with van der Waals surface area (Å²) in [5.41, 5.74) is 1.15. The van der Waals surface area contributed by atoms with Crippen molar-refractivity contribution >= 4 is 5.78 Å². The van der Waals surface area contributed by atoms with Crippen LogP contribution < -0.4 is 5.56 Å². The van der Waals surface area contributed by atoms with Crippen LogP contribution >= 0.6 is 0 Å². The molecule has 0 amide bonds. The molecule has 29 heavy (non-hydrogen) atoms. The lowest BCUT2D eigenvalue weighted by Crippen LogP contribution is -2.34. The Bertz CT molecular complexity index is 689. The van der Waals surface area contributed by atoms with Gasteiger partial charge in [-0.2, -0.15) is 0 Å². The second kappa shape index (κ2) is 15.8. The van der Waals surface area contributed by atoms with Gasteiger partial charge in [-0.3, -0.25) is 19.5 Å². The van der Waals surface area contributed by atoms with Crippen molar-refractivity contribution in [2.45, 2.75) is 79.8 Å². The number of hydrogen-bond donors (Lipinski definition) is 1. The van der Waals surface area contributed by atoms with Gasteiger partial charge in [-0.1, -0.05) is 19.1 Å². The Balaban J connectivity index is 0.000000734. The topological polar surface area (TPSA) is 66.1 Å². The van der Waals surface area contributed by atoms with E-state index in [1.807, 2.05) is 32.9 Å². The van der Waals surface area contributed by atoms with Gasteiger partial charge in [0.15, 0.2) is 0 Å². The molecule has 1 fully saturated rings. The van der Waals surface area contributed by atoms with Crippen LogP contribution in [0.1, 0.15) is 72.9 Å². The molecule has 1 aromatic rings. The summed E-state index contributed by atoms with van der Waals surface area (Å²) < 4.78 is 11.0. The third kappa shape index (κ3) is 11.5. The first-order valence-corrected chi connectivity index (χ1v) is 10.4. The van der Waals surface area contributed by atoms with Crippen LogP contribution in [0.2, 0.25) is 0 Å². The number of Topliss-reactive ketones (excluding diaryl/α,β-unsaturated/α-hetero) is 1. The summed E-state index contributed by atoms with van der Waals surface area (Å²) in [6.45, 7) is 12.9. The molecule has 2 heterocycles. The summed E-state index contributed by atoms with van der Waals surface area (Å²) in [5.74, 6) is 0.559. The van der Waals surface area contributed by atoms with Crippen LogP contribution in [0.5, 0.6) is 0 Å². The van der Waals surface area contributed by atoms with Gasteiger partial charge in [-0.15, -0.1) is 0 Å². The molecule has 1 aromatic heterocycles. The largest absolute Gasteiger partial charge is 0.326 e. The van der Waals surface area contributed by atoms with Crippen LogP contribution in [0, 0.1) is 5.92 Å². The number of rotatable bonds is 4. The second-order valence-corrected chi connectivity index (χ2v) is 7.42. The van der Waals surface area contributed by atoms with Gasteiger partial charge in [-0.25, -0.2) is 4.39 Å². The molecule has 0 aromatic carbocycles. The van der Waals surface area contributed by atoms with Gasteiger partial charge < -0.3 is 4.98 Å². The van der Waals surface area contributed by atoms with Crippen molar-refractivity contribution in [3.8, 4) is 0 Å². The number of carbonyl (C=O) groups excluding carboxylic acids is 1. The first-order chi connectivity index (χ1) is 13.8. The van der Waals surface area contributed by atoms with Crippen LogP contribution in [-0.2, 0) is 11.3 Å². The highest BCUT2D eigenvalue weighted by Gasteiger charge is 2.26. The van der Waals surface area contributed by atoms with Gasteiger partial charge in [0.1, 0.15) is 11.5 Å². The number of hydrogen-bond acceptors (Lipinski definition) is 4. The second-order valence-electron chi connectivity index (χ2n) is 7.42. The molecule has 1 N–H and O–H groups in total. The average molecular weight is 408 g/mol. The lowest BCUT2D eigenvalue weighted by Gasteiger charge is -2.25. The van der Waals surface area contributed by atoms with E-state index < -0.39 is 0 Å². The highest BCUT2D eigenvalue weighted by Crippen LogP contribution is 2.24. The normalized spacial score (nSPS) is 19.3. The van der Waals surface area contributed by atoms with Crippen molar-refractivity contribution in [3.63, 3.8) is 0 Å². The van der Waals surface area contributed by atoms with Crippen molar-refractivity contribution in [2.24, 2.45) is 5.92 Å². The number of H-pyrrole nitrogens is 1. The fourth-order valence-corrected chi connectivity index (χ4v) is 2.84. The lowest BCUT2D eigenvalue weighted by molar-refractivity contribution is -0.122. The number of halogens is 1. The first kappa shape index (κ1) is 26.9. The van der Waals surface area contributed by atoms with E-state index in [9.17, 15) is 14.0 Å². The highest BCUT2D eigenvalue weighted by molar-refractivity contribution is 5.80. The van der Waals surface area contributed by atoms with Crippen molar-refractivity contribution < 1.29 is 9.18 Å². The zero-order valence-corrected chi connectivity index (χ0v) is 18.9. The van der Waals surface area contributed by atoms with Crippen molar-refractivity contribution in [2.75, 3.05) is 6.54 Å². The zero-order valence-electron chi connectivity index (χ0n) is 18.9. The summed E-state index contributed by atoms with van der Waals surface area (Å²) in [5, 5.41) is 0. The van der Waals surface area contributed by atoms with Crippen LogP contribution in [0.4, 0.5) is 4.39 Å². The van der Waals surface area contributed by atoms with E-state index in [2.05, 4.69) is 21.8 Å². The molecule has 0 saturated carbocycles. The van der Waals surface area contributed by atoms with Gasteiger partial charge in [0.25, 0.3) is 5.56 Å². The molecule has 164 valence electrons. The zero-order chi connectivity index (χ0) is 22.2. The number of allylic oxidation sites excluding steroid dienone is 3. The van der Waals surface area contributed by atoms with E-state index in [4.69, 9.17) is 0 Å². The van der Waals surface area contributed by atoms with Crippen LogP contribution in [0.25, 0.3) is 0 Å². The summed E-state index contributed by atoms with van der Waals surface area (Å²) in [6, 6.07) is 0.381. The predicted octanol–water partition coefficient (Wildman–Crippen LogP) is 5.20. The van der Waals surface area contributed by atoms with E-state index in [1.165, 1.54) is 0 Å². The van der Waals surface area contributed by atoms with Crippen molar-refractivity contribution in [1.29, 1.82) is 0 Å². The molecule has 0 radical (unpaired) electrons. The Morgan fingerprint density at radius 2 is 1.90 bits per heavy atom. The van der Waals surface area contributed by atoms with Crippen molar-refractivity contribution in [1.82, 2.24) is 14.9 Å². The van der Waals surface area contributed by atoms with Crippen LogP contribution in [0.15, 0.2) is 41.2 Å². The first-order valence-electron chi connectivity index (χ1n) is 10.4. The number of ketones is 1. The highest BCUT2D eigenvalue weighted by atomic mass is 19.1. The molecule has 5 nitrogen and oxygen atoms in total. The Labute approximate surface area is 175 Å². The molecule has 2 atom stereocenters. The summed E-state index contributed by atoms with van der Waals surface area (Å²) >= 11 is 0. The lowest BCUT2D eigenvalue weighted by atomic mass is 9.93. The molecule has 1 saturated heterocycles. The number of aromatic nitrogens is 2. The third-order valence-corrected chi connectivity index (χ3v) is 4.81. The average Bonchev–Trinajstić information content (AvgIpc) is 2.91. The Kier molecular flexibility index (Phi) is 14.7. The van der Waals surface area contributed by atoms with Gasteiger partial charge in [-0.05, 0) is 66.0 Å². The van der Waals surface area contributed by atoms with E-state index >= 15 is 0 Å². The standard InChI is InChI=1S/C15H23N3O2.C4H7F.C4H8/c1-3-14(19)12-5-4-11(2)18(9-6-12)10-13-15(20)17-8-7-16-13;1-4(2)3-5;1-3-4-2/h7-8,11-12H,3-6,9-10H2,1-2H3,(H,17,20);3H,1-2H3;3-4H,1-2H3/b;;4-3-. The minimum Gasteiger partial charge on any atom is -0.326 e. The van der Waals surface area contributed by atoms with Crippen LogP contribution in [-0.4, -0.2) is 33.2 Å². The fourth-order valence-electron chi connectivity index (χ4n) is 2.84. The summed E-state index contributed by atoms with van der Waals surface area (Å²) in [7, 11) is 0. The predicted molar refractivity (Wildman–Crippen MR) is 118 cm³/mol. The number of carbonyl (C=O) groups is 1. The Morgan fingerprint density at radius 1 is 1.28 bits per heavy atom. The monoisotopic (exact) mass is 407 g/mol. The van der Waals surface area contributed by atoms with Crippen LogP contribution in [0.3, 0.4) is 0 Å². The Morgan fingerprint density at radius 3 is 2.38 bits per heavy atom. The smallest absolute Gasteiger partial charge is 0.270 e. The minimum atomic E-state index is -0.120. The number of aromatic amines is 1.